The minimum atomic E-state index is -1.20. The first-order valence-corrected chi connectivity index (χ1v) is 5.79. The van der Waals surface area contributed by atoms with Gasteiger partial charge in [0.2, 0.25) is 0 Å². The van der Waals surface area contributed by atoms with Crippen molar-refractivity contribution in [1.82, 2.24) is 0 Å². The van der Waals surface area contributed by atoms with Crippen molar-refractivity contribution in [2.24, 2.45) is 0 Å². The number of hydrogen-bond donors (Lipinski definition) is 1. The van der Waals surface area contributed by atoms with Crippen molar-refractivity contribution in [3.8, 4) is 16.9 Å². The van der Waals surface area contributed by atoms with E-state index in [4.69, 9.17) is 9.84 Å². The van der Waals surface area contributed by atoms with Gasteiger partial charge in [0.05, 0.1) is 0 Å². The molecule has 6 heteroatoms. The molecule has 0 atom stereocenters. The molecule has 1 N–H and O–H groups in total. The third kappa shape index (κ3) is 4.15. The number of aromatic carboxylic acids is 1. The summed E-state index contributed by atoms with van der Waals surface area (Å²) in [6, 6.07) is 10.1. The molecule has 0 aliphatic carbocycles. The highest BCUT2D eigenvalue weighted by molar-refractivity contribution is 5.93. The van der Waals surface area contributed by atoms with Crippen LogP contribution in [0.1, 0.15) is 17.3 Å². The van der Waals surface area contributed by atoms with Gasteiger partial charge < -0.3 is 9.84 Å². The Hall–Kier alpha value is -2.16. The van der Waals surface area contributed by atoms with Gasteiger partial charge in [-0.1, -0.05) is 18.2 Å². The zero-order valence-corrected chi connectivity index (χ0v) is 10.6. The molecule has 2 aromatic carbocycles. The molecule has 2 aromatic rings. The number of esters is 1. The summed E-state index contributed by atoms with van der Waals surface area (Å²) in [6.07, 6.45) is 0. The van der Waals surface area contributed by atoms with E-state index in [1.165, 1.54) is 31.2 Å². The monoisotopic (exact) mass is 304 g/mol. The van der Waals surface area contributed by atoms with Crippen LogP contribution in [0.15, 0.2) is 42.5 Å². The molecule has 0 aliphatic rings. The van der Waals surface area contributed by atoms with Gasteiger partial charge >= 0.3 is 11.9 Å². The van der Waals surface area contributed by atoms with Crippen molar-refractivity contribution in [3.63, 3.8) is 0 Å². The number of carbonyl (C=O) groups is 2. The van der Waals surface area contributed by atoms with Gasteiger partial charge in [-0.3, -0.25) is 4.79 Å². The normalized spacial score (nSPS) is 9.62. The first-order chi connectivity index (χ1) is 9.47. The predicted octanol–water partition coefficient (Wildman–Crippen LogP) is 1.93. The second-order valence-electron chi connectivity index (χ2n) is 4.12. The van der Waals surface area contributed by atoms with Crippen LogP contribution in [-0.4, -0.2) is 34.4 Å². The van der Waals surface area contributed by atoms with Gasteiger partial charge in [0.1, 0.15) is 17.1 Å². The second kappa shape index (κ2) is 7.02. The first-order valence-electron chi connectivity index (χ1n) is 5.79. The summed E-state index contributed by atoms with van der Waals surface area (Å²) in [6.45, 7) is 1.19. The SMILES string of the molecule is CC(=O)Oc1ccc(-c2ccc(F)cc2)cc1C(=O)O.[AlH3]. The average molecular weight is 304 g/mol. The highest BCUT2D eigenvalue weighted by Crippen LogP contribution is 2.27. The Morgan fingerprint density at radius 1 is 1.05 bits per heavy atom. The maximum atomic E-state index is 12.9. The first kappa shape index (κ1) is 16.9. The van der Waals surface area contributed by atoms with E-state index in [9.17, 15) is 14.0 Å². The van der Waals surface area contributed by atoms with Gasteiger partial charge in [-0.2, -0.15) is 0 Å². The molecule has 0 saturated carbocycles. The lowest BCUT2D eigenvalue weighted by Crippen LogP contribution is -2.07. The van der Waals surface area contributed by atoms with Gasteiger partial charge in [-0.15, -0.1) is 0 Å². The Balaban J connectivity index is 0.00000220. The van der Waals surface area contributed by atoms with E-state index < -0.39 is 11.9 Å². The number of carboxylic acid groups (broad SMARTS) is 1. The molecular formula is C15H14AlFO4. The van der Waals surface area contributed by atoms with Crippen molar-refractivity contribution >= 4 is 29.3 Å². The zero-order chi connectivity index (χ0) is 14.7. The van der Waals surface area contributed by atoms with Crippen LogP contribution in [-0.2, 0) is 4.79 Å². The fourth-order valence-corrected chi connectivity index (χ4v) is 1.76. The number of hydrogen-bond acceptors (Lipinski definition) is 3. The molecular weight excluding hydrogens is 290 g/mol. The van der Waals surface area contributed by atoms with E-state index in [1.807, 2.05) is 0 Å². The van der Waals surface area contributed by atoms with E-state index >= 15 is 0 Å². The van der Waals surface area contributed by atoms with Crippen LogP contribution in [0.3, 0.4) is 0 Å². The van der Waals surface area contributed by atoms with E-state index in [1.54, 1.807) is 18.2 Å². The number of carbonyl (C=O) groups excluding carboxylic acids is 1. The van der Waals surface area contributed by atoms with Gasteiger partial charge in [-0.05, 0) is 35.4 Å². The van der Waals surface area contributed by atoms with E-state index in [2.05, 4.69) is 0 Å². The molecule has 0 spiro atoms. The summed E-state index contributed by atoms with van der Waals surface area (Å²) >= 11 is 0. The zero-order valence-electron chi connectivity index (χ0n) is 10.6. The molecule has 0 fully saturated rings. The molecule has 0 radical (unpaired) electrons. The molecule has 0 heterocycles. The molecule has 0 aromatic heterocycles. The summed E-state index contributed by atoms with van der Waals surface area (Å²) in [5, 5.41) is 9.14. The van der Waals surface area contributed by atoms with Crippen LogP contribution in [0.2, 0.25) is 0 Å². The number of rotatable bonds is 3. The van der Waals surface area contributed by atoms with Crippen molar-refractivity contribution < 1.29 is 23.8 Å². The summed E-state index contributed by atoms with van der Waals surface area (Å²) < 4.78 is 17.7. The standard InChI is InChI=1S/C15H11FO4.Al.3H/c1-9(17)20-14-7-4-11(8-13(14)15(18)19)10-2-5-12(16)6-3-10;;;;/h2-8H,1H3,(H,18,19);;;;. The molecule has 0 aliphatic heterocycles. The van der Waals surface area contributed by atoms with Gasteiger partial charge in [0.25, 0.3) is 0 Å². The van der Waals surface area contributed by atoms with Crippen molar-refractivity contribution in [2.45, 2.75) is 6.92 Å². The topological polar surface area (TPSA) is 63.6 Å². The fourth-order valence-electron chi connectivity index (χ4n) is 1.76. The average Bonchev–Trinajstić information content (AvgIpc) is 2.39. The third-order valence-corrected chi connectivity index (χ3v) is 2.64. The van der Waals surface area contributed by atoms with Crippen LogP contribution in [0, 0.1) is 5.82 Å². The van der Waals surface area contributed by atoms with Crippen molar-refractivity contribution in [1.29, 1.82) is 0 Å². The Kier molecular flexibility index (Phi) is 5.65. The molecule has 21 heavy (non-hydrogen) atoms. The number of halogens is 1. The highest BCUT2D eigenvalue weighted by Gasteiger charge is 2.14. The summed E-state index contributed by atoms with van der Waals surface area (Å²) in [5.74, 6) is -2.19. The second-order valence-corrected chi connectivity index (χ2v) is 4.12. The van der Waals surface area contributed by atoms with Crippen LogP contribution in [0.25, 0.3) is 11.1 Å². The maximum absolute atomic E-state index is 12.9. The van der Waals surface area contributed by atoms with Gasteiger partial charge in [-0.25, -0.2) is 9.18 Å². The van der Waals surface area contributed by atoms with Crippen LogP contribution in [0.4, 0.5) is 4.39 Å². The summed E-state index contributed by atoms with van der Waals surface area (Å²) in [5.41, 5.74) is 1.14. The Morgan fingerprint density at radius 2 is 1.62 bits per heavy atom. The number of carboxylic acids is 1. The lowest BCUT2D eigenvalue weighted by atomic mass is 10.0. The van der Waals surface area contributed by atoms with Crippen LogP contribution in [0.5, 0.6) is 5.75 Å². The maximum Gasteiger partial charge on any atom is 0.339 e. The molecule has 0 saturated heterocycles. The fraction of sp³-hybridized carbons (Fsp3) is 0.0667. The van der Waals surface area contributed by atoms with Gasteiger partial charge in [0, 0.05) is 6.92 Å². The lowest BCUT2D eigenvalue weighted by Gasteiger charge is -2.08. The van der Waals surface area contributed by atoms with Crippen LogP contribution >= 0.6 is 0 Å². The van der Waals surface area contributed by atoms with E-state index in [0.29, 0.717) is 11.1 Å². The summed E-state index contributed by atoms with van der Waals surface area (Å²) in [4.78, 5) is 22.1. The van der Waals surface area contributed by atoms with Crippen molar-refractivity contribution in [3.05, 3.63) is 53.8 Å². The Bertz CT molecular complexity index is 668. The summed E-state index contributed by atoms with van der Waals surface area (Å²) in [7, 11) is 0. The quantitative estimate of drug-likeness (QED) is 0.535. The van der Waals surface area contributed by atoms with E-state index in [-0.39, 0.29) is 34.5 Å². The molecule has 0 unspecified atom stereocenters. The highest BCUT2D eigenvalue weighted by atomic mass is 27.0. The third-order valence-electron chi connectivity index (χ3n) is 2.64. The lowest BCUT2D eigenvalue weighted by molar-refractivity contribution is -0.131. The van der Waals surface area contributed by atoms with Gasteiger partial charge in [0.15, 0.2) is 17.4 Å². The van der Waals surface area contributed by atoms with Crippen LogP contribution < -0.4 is 4.74 Å². The Labute approximate surface area is 131 Å². The molecule has 0 bridgehead atoms. The number of benzene rings is 2. The molecule has 108 valence electrons. The van der Waals surface area contributed by atoms with E-state index in [0.717, 1.165) is 0 Å². The Morgan fingerprint density at radius 3 is 2.14 bits per heavy atom. The molecule has 2 rings (SSSR count). The minimum Gasteiger partial charge on any atom is -0.478 e. The smallest absolute Gasteiger partial charge is 0.339 e. The number of ether oxygens (including phenoxy) is 1. The molecule has 4 nitrogen and oxygen atoms in total. The minimum absolute atomic E-state index is 0. The predicted molar refractivity (Wildman–Crippen MR) is 80.0 cm³/mol. The largest absolute Gasteiger partial charge is 0.478 e. The van der Waals surface area contributed by atoms with Crippen molar-refractivity contribution in [2.75, 3.05) is 0 Å². The molecule has 0 amide bonds.